The number of Topliss-reactive ketones (excluding diaryl/α,β-unsaturated/α-hetero) is 1. The summed E-state index contributed by atoms with van der Waals surface area (Å²) in [5, 5.41) is 2.79. The van der Waals surface area contributed by atoms with Gasteiger partial charge in [0.2, 0.25) is 0 Å². The predicted octanol–water partition coefficient (Wildman–Crippen LogP) is 3.60. The lowest BCUT2D eigenvalue weighted by Crippen LogP contribution is -2.56. The van der Waals surface area contributed by atoms with Crippen molar-refractivity contribution in [1.82, 2.24) is 5.32 Å². The molecule has 1 aromatic rings. The molecule has 1 aliphatic rings. The second-order valence-corrected chi connectivity index (χ2v) is 8.58. The van der Waals surface area contributed by atoms with Crippen molar-refractivity contribution in [3.05, 3.63) is 35.9 Å². The quantitative estimate of drug-likeness (QED) is 0.709. The molecule has 2 rings (SSSR count). The van der Waals surface area contributed by atoms with Crippen molar-refractivity contribution in [2.24, 2.45) is 0 Å². The van der Waals surface area contributed by atoms with Crippen LogP contribution in [-0.4, -0.2) is 48.1 Å². The highest BCUT2D eigenvalue weighted by Crippen LogP contribution is 2.27. The summed E-state index contributed by atoms with van der Waals surface area (Å²) in [6.07, 6.45) is -1.81. The molecule has 0 saturated carbocycles. The number of amides is 1. The number of rotatable bonds is 8. The van der Waals surface area contributed by atoms with Gasteiger partial charge in [-0.3, -0.25) is 4.79 Å². The Hall–Kier alpha value is -1.96. The molecule has 7 heteroatoms. The van der Waals surface area contributed by atoms with E-state index >= 15 is 0 Å². The number of nitrogens with one attached hydrogen (secondary N) is 1. The Morgan fingerprint density at radius 2 is 1.90 bits per heavy atom. The largest absolute Gasteiger partial charge is 0.444 e. The van der Waals surface area contributed by atoms with Crippen molar-refractivity contribution in [2.75, 3.05) is 6.61 Å². The Bertz CT molecular complexity index is 682. The van der Waals surface area contributed by atoms with E-state index in [9.17, 15) is 9.59 Å². The maximum Gasteiger partial charge on any atom is 0.408 e. The molecule has 0 bridgehead atoms. The molecule has 162 valence electrons. The number of hydrogen-bond acceptors (Lipinski definition) is 6. The van der Waals surface area contributed by atoms with Crippen molar-refractivity contribution in [3.8, 4) is 0 Å². The predicted molar refractivity (Wildman–Crippen MR) is 108 cm³/mol. The van der Waals surface area contributed by atoms with Gasteiger partial charge in [-0.2, -0.15) is 0 Å². The molecule has 0 radical (unpaired) electrons. The van der Waals surface area contributed by atoms with Crippen LogP contribution in [0.3, 0.4) is 0 Å². The zero-order valence-electron chi connectivity index (χ0n) is 18.2. The molecule has 7 nitrogen and oxygen atoms in total. The van der Waals surface area contributed by atoms with Crippen molar-refractivity contribution in [2.45, 2.75) is 84.2 Å². The van der Waals surface area contributed by atoms with Crippen LogP contribution in [-0.2, 0) is 30.3 Å². The zero-order chi connectivity index (χ0) is 21.7. The molecular weight excluding hydrogens is 374 g/mol. The van der Waals surface area contributed by atoms with E-state index in [2.05, 4.69) is 5.32 Å². The topological polar surface area (TPSA) is 83.1 Å². The Kier molecular flexibility index (Phi) is 7.80. The fourth-order valence-corrected chi connectivity index (χ4v) is 3.06. The van der Waals surface area contributed by atoms with Crippen LogP contribution in [0.25, 0.3) is 0 Å². The van der Waals surface area contributed by atoms with Crippen molar-refractivity contribution < 1.29 is 28.5 Å². The monoisotopic (exact) mass is 407 g/mol. The summed E-state index contributed by atoms with van der Waals surface area (Å²) in [4.78, 5) is 25.2. The van der Waals surface area contributed by atoms with Gasteiger partial charge in [0.15, 0.2) is 11.6 Å². The van der Waals surface area contributed by atoms with Crippen molar-refractivity contribution in [1.29, 1.82) is 0 Å². The average Bonchev–Trinajstić information content (AvgIpc) is 2.99. The van der Waals surface area contributed by atoms with Crippen LogP contribution in [0.15, 0.2) is 30.3 Å². The number of ether oxygens (including phenoxy) is 4. The summed E-state index contributed by atoms with van der Waals surface area (Å²) in [7, 11) is 0. The van der Waals surface area contributed by atoms with E-state index in [1.54, 1.807) is 41.5 Å². The Labute approximate surface area is 173 Å². The summed E-state index contributed by atoms with van der Waals surface area (Å²) < 4.78 is 23.0. The lowest BCUT2D eigenvalue weighted by atomic mass is 9.99. The molecule has 1 amide bonds. The molecule has 1 aromatic carbocycles. The van der Waals surface area contributed by atoms with Gasteiger partial charge in [0.25, 0.3) is 0 Å². The smallest absolute Gasteiger partial charge is 0.408 e. The highest BCUT2D eigenvalue weighted by atomic mass is 16.7. The molecule has 0 aromatic heterocycles. The standard InChI is InChI=1S/C22H33NO6/c1-7-16(24)19(26-13-15-11-9-8-10-12-15)18(17-14-27-22(5,6)28-17)23-20(25)29-21(2,3)4/h8-12,17-19H,7,13-14H2,1-6H3,(H,23,25). The van der Waals surface area contributed by atoms with E-state index in [1.807, 2.05) is 30.3 Å². The van der Waals surface area contributed by atoms with Crippen molar-refractivity contribution in [3.63, 3.8) is 0 Å². The second-order valence-electron chi connectivity index (χ2n) is 8.58. The van der Waals surface area contributed by atoms with E-state index < -0.39 is 35.7 Å². The van der Waals surface area contributed by atoms with Crippen LogP contribution in [0.2, 0.25) is 0 Å². The molecule has 1 fully saturated rings. The zero-order valence-corrected chi connectivity index (χ0v) is 18.2. The van der Waals surface area contributed by atoms with E-state index in [4.69, 9.17) is 18.9 Å². The molecule has 0 aliphatic carbocycles. The van der Waals surface area contributed by atoms with E-state index in [-0.39, 0.29) is 25.4 Å². The number of alkyl carbamates (subject to hydrolysis) is 1. The first-order chi connectivity index (χ1) is 13.5. The summed E-state index contributed by atoms with van der Waals surface area (Å²) in [5.74, 6) is -0.937. The van der Waals surface area contributed by atoms with Gasteiger partial charge >= 0.3 is 6.09 Å². The first kappa shape index (κ1) is 23.3. The lowest BCUT2D eigenvalue weighted by Gasteiger charge is -2.32. The Morgan fingerprint density at radius 1 is 1.24 bits per heavy atom. The maximum atomic E-state index is 12.7. The molecule has 3 atom stereocenters. The van der Waals surface area contributed by atoms with Gasteiger partial charge < -0.3 is 24.3 Å². The maximum absolute atomic E-state index is 12.7. The summed E-state index contributed by atoms with van der Waals surface area (Å²) in [6, 6.07) is 8.81. The molecule has 0 spiro atoms. The molecule has 1 aliphatic heterocycles. The minimum atomic E-state index is -0.893. The highest BCUT2D eigenvalue weighted by Gasteiger charge is 2.44. The molecule has 1 N–H and O–H groups in total. The SMILES string of the molecule is CCC(=O)C(OCc1ccccc1)C(NC(=O)OC(C)(C)C)C1COC(C)(C)O1. The molecule has 29 heavy (non-hydrogen) atoms. The normalized spacial score (nSPS) is 20.7. The van der Waals surface area contributed by atoms with Crippen molar-refractivity contribution >= 4 is 11.9 Å². The van der Waals surface area contributed by atoms with Gasteiger partial charge in [-0.05, 0) is 40.2 Å². The number of ketones is 1. The van der Waals surface area contributed by atoms with E-state index in [0.717, 1.165) is 5.56 Å². The lowest BCUT2D eigenvalue weighted by molar-refractivity contribution is -0.153. The highest BCUT2D eigenvalue weighted by molar-refractivity contribution is 5.84. The Balaban J connectivity index is 2.22. The summed E-state index contributed by atoms with van der Waals surface area (Å²) >= 11 is 0. The summed E-state index contributed by atoms with van der Waals surface area (Å²) in [6.45, 7) is 11.2. The van der Waals surface area contributed by atoms with Gasteiger partial charge in [0.05, 0.1) is 19.3 Å². The minimum absolute atomic E-state index is 0.129. The van der Waals surface area contributed by atoms with Crippen LogP contribution < -0.4 is 5.32 Å². The number of carbonyl (C=O) groups excluding carboxylic acids is 2. The molecule has 1 saturated heterocycles. The minimum Gasteiger partial charge on any atom is -0.444 e. The molecular formula is C22H33NO6. The van der Waals surface area contributed by atoms with Gasteiger partial charge in [-0.15, -0.1) is 0 Å². The van der Waals surface area contributed by atoms with E-state index in [1.165, 1.54) is 0 Å². The fraction of sp³-hybridized carbons (Fsp3) is 0.636. The average molecular weight is 408 g/mol. The molecule has 3 unspecified atom stereocenters. The Morgan fingerprint density at radius 3 is 2.41 bits per heavy atom. The van der Waals surface area contributed by atoms with Gasteiger partial charge in [0.1, 0.15) is 17.8 Å². The number of hydrogen-bond donors (Lipinski definition) is 1. The first-order valence-electron chi connectivity index (χ1n) is 10.0. The van der Waals surface area contributed by atoms with Crippen LogP contribution in [0.1, 0.15) is 53.5 Å². The number of carbonyl (C=O) groups is 2. The third-order valence-electron chi connectivity index (χ3n) is 4.38. The third-order valence-corrected chi connectivity index (χ3v) is 4.38. The fourth-order valence-electron chi connectivity index (χ4n) is 3.06. The van der Waals surface area contributed by atoms with Crippen LogP contribution in [0.5, 0.6) is 0 Å². The van der Waals surface area contributed by atoms with Gasteiger partial charge in [-0.25, -0.2) is 4.79 Å². The second kappa shape index (κ2) is 9.69. The van der Waals surface area contributed by atoms with Gasteiger partial charge in [-0.1, -0.05) is 37.3 Å². The van der Waals surface area contributed by atoms with Crippen LogP contribution >= 0.6 is 0 Å². The first-order valence-corrected chi connectivity index (χ1v) is 10.0. The summed E-state index contributed by atoms with van der Waals surface area (Å²) in [5.41, 5.74) is 0.261. The van der Waals surface area contributed by atoms with E-state index in [0.29, 0.717) is 0 Å². The van der Waals surface area contributed by atoms with Crippen LogP contribution in [0, 0.1) is 0 Å². The third kappa shape index (κ3) is 7.42. The molecule has 1 heterocycles. The number of benzene rings is 1. The van der Waals surface area contributed by atoms with Gasteiger partial charge in [0, 0.05) is 6.42 Å². The van der Waals surface area contributed by atoms with Crippen LogP contribution in [0.4, 0.5) is 4.79 Å².